The minimum Gasteiger partial charge on any atom is -0.472 e. The van der Waals surface area contributed by atoms with E-state index >= 15 is 4.79 Å². The molecule has 20 heteroatoms. The summed E-state index contributed by atoms with van der Waals surface area (Å²) in [6, 6.07) is 3.87. The maximum Gasteiger partial charge on any atom is 0.411 e. The van der Waals surface area contributed by atoms with Gasteiger partial charge in [-0.2, -0.15) is 13.2 Å². The van der Waals surface area contributed by atoms with E-state index < -0.39 is 92.5 Å². The maximum atomic E-state index is 15.1. The Labute approximate surface area is 357 Å². The fraction of sp³-hybridized carbons (Fsp3) is 0.643. The van der Waals surface area contributed by atoms with Gasteiger partial charge in [0.1, 0.15) is 40.7 Å². The topological polar surface area (TPSA) is 188 Å². The molecule has 0 radical (unpaired) electrons. The lowest BCUT2D eigenvalue weighted by molar-refractivity contribution is -0.222. The summed E-state index contributed by atoms with van der Waals surface area (Å²) in [7, 11) is -4.51. The lowest BCUT2D eigenvalue weighted by atomic mass is 9.85. The fourth-order valence-electron chi connectivity index (χ4n) is 9.20. The fourth-order valence-corrected chi connectivity index (χ4v) is 10.6. The van der Waals surface area contributed by atoms with Crippen LogP contribution in [0.15, 0.2) is 42.6 Å². The molecule has 4 heterocycles. The van der Waals surface area contributed by atoms with Crippen LogP contribution in [0.1, 0.15) is 72.6 Å². The number of nitrogens with zero attached hydrogens (tertiary/aromatic N) is 4. The minimum absolute atomic E-state index is 0.00566. The number of aromatic nitrogens is 1. The van der Waals surface area contributed by atoms with E-state index in [1.54, 1.807) is 30.5 Å². The standard InChI is InChI=1S/C42H54F4N6O9S/c1-25-9-5-6-10-27-21-41(27,37(55)49-62(58,59)40(24-43)13-14-40)48-34(53)31-20-28(61-35-30-12-8-7-11-29(30)32(22-47-35)50-15-17-60-18-16-50)23-51(31)36(54)33(26(2)19-25)52(38(56)57)39(3,4)42(44,45)46/h6-8,10-12,22,25-28,31,33H,5,9,13-21,23-24H2,1-4H3,(H,48,53)(H,49,55)(H,56,57)/t25-,26-,27-,28-,31+,33+,41-/m1/s1. The highest BCUT2D eigenvalue weighted by atomic mass is 32.2. The largest absolute Gasteiger partial charge is 0.472 e. The first-order chi connectivity index (χ1) is 29.2. The summed E-state index contributed by atoms with van der Waals surface area (Å²) < 4.78 is 97.0. The van der Waals surface area contributed by atoms with Gasteiger partial charge in [-0.1, -0.05) is 44.2 Å². The average Bonchev–Trinajstić information content (AvgIpc) is 4.12. The van der Waals surface area contributed by atoms with Crippen LogP contribution >= 0.6 is 0 Å². The summed E-state index contributed by atoms with van der Waals surface area (Å²) in [6.45, 7) is 5.40. The van der Waals surface area contributed by atoms with Gasteiger partial charge >= 0.3 is 12.3 Å². The molecule has 3 aliphatic heterocycles. The Morgan fingerprint density at radius 1 is 1.10 bits per heavy atom. The molecule has 0 spiro atoms. The molecule has 2 saturated carbocycles. The molecule has 0 bridgehead atoms. The van der Waals surface area contributed by atoms with Gasteiger partial charge in [-0.15, -0.1) is 0 Å². The maximum absolute atomic E-state index is 15.1. The van der Waals surface area contributed by atoms with Crippen molar-refractivity contribution in [2.24, 2.45) is 17.8 Å². The van der Waals surface area contributed by atoms with Crippen LogP contribution in [0.4, 0.5) is 28.0 Å². The number of anilines is 1. The Morgan fingerprint density at radius 3 is 2.40 bits per heavy atom. The predicted molar refractivity (Wildman–Crippen MR) is 218 cm³/mol. The normalized spacial score (nSPS) is 29.4. The molecule has 7 rings (SSSR count). The Hall–Kier alpha value is -4.72. The second-order valence-electron chi connectivity index (χ2n) is 18.1. The molecule has 2 aliphatic carbocycles. The molecule has 2 saturated heterocycles. The summed E-state index contributed by atoms with van der Waals surface area (Å²) in [5.74, 6) is -4.85. The number of alkyl halides is 4. The molecular formula is C42H54F4N6O9S. The molecule has 1 aromatic heterocycles. The number of amides is 4. The van der Waals surface area contributed by atoms with Crippen molar-refractivity contribution < 1.29 is 59.7 Å². The highest BCUT2D eigenvalue weighted by Gasteiger charge is 2.64. The molecule has 3 N–H and O–H groups in total. The molecule has 15 nitrogen and oxygen atoms in total. The number of allylic oxidation sites excluding steroid dienone is 1. The van der Waals surface area contributed by atoms with Crippen molar-refractivity contribution in [2.75, 3.05) is 44.4 Å². The molecule has 5 aliphatic rings. The van der Waals surface area contributed by atoms with E-state index in [9.17, 15) is 45.5 Å². The van der Waals surface area contributed by atoms with Crippen molar-refractivity contribution in [3.05, 3.63) is 42.6 Å². The molecule has 2 aromatic rings. The lowest BCUT2D eigenvalue weighted by Gasteiger charge is -2.45. The second-order valence-corrected chi connectivity index (χ2v) is 20.2. The van der Waals surface area contributed by atoms with E-state index in [-0.39, 0.29) is 55.3 Å². The smallest absolute Gasteiger partial charge is 0.411 e. The minimum atomic E-state index is -5.12. The van der Waals surface area contributed by atoms with E-state index in [0.717, 1.165) is 16.0 Å². The third-order valence-electron chi connectivity index (χ3n) is 13.4. The van der Waals surface area contributed by atoms with Gasteiger partial charge in [0.25, 0.3) is 5.91 Å². The van der Waals surface area contributed by atoms with Crippen molar-refractivity contribution in [1.29, 1.82) is 0 Å². The number of carboxylic acid groups (broad SMARTS) is 1. The molecule has 4 fully saturated rings. The monoisotopic (exact) mass is 894 g/mol. The first kappa shape index (κ1) is 45.3. The summed E-state index contributed by atoms with van der Waals surface area (Å²) in [5, 5.41) is 14.6. The summed E-state index contributed by atoms with van der Waals surface area (Å²) >= 11 is 0. The van der Waals surface area contributed by atoms with Crippen LogP contribution in [-0.4, -0.2) is 132 Å². The van der Waals surface area contributed by atoms with Crippen LogP contribution in [0.25, 0.3) is 10.8 Å². The zero-order chi connectivity index (χ0) is 45.0. The molecular weight excluding hydrogens is 841 g/mol. The van der Waals surface area contributed by atoms with Crippen LogP contribution in [0.3, 0.4) is 0 Å². The number of benzene rings is 1. The third-order valence-corrected chi connectivity index (χ3v) is 15.5. The quantitative estimate of drug-likeness (QED) is 0.229. The van der Waals surface area contributed by atoms with Crippen molar-refractivity contribution >= 4 is 50.3 Å². The zero-order valence-corrected chi connectivity index (χ0v) is 35.9. The van der Waals surface area contributed by atoms with Crippen molar-refractivity contribution in [1.82, 2.24) is 24.8 Å². The number of nitrogens with one attached hydrogen (secondary N) is 2. The van der Waals surface area contributed by atoms with Gasteiger partial charge in [0.15, 0.2) is 0 Å². The number of hydrogen-bond donors (Lipinski definition) is 3. The van der Waals surface area contributed by atoms with Crippen LogP contribution in [0, 0.1) is 17.8 Å². The zero-order valence-electron chi connectivity index (χ0n) is 35.1. The summed E-state index contributed by atoms with van der Waals surface area (Å²) in [4.78, 5) is 64.6. The van der Waals surface area contributed by atoms with Crippen LogP contribution in [0.5, 0.6) is 5.88 Å². The number of halogens is 4. The Balaban J connectivity index is 1.28. The number of carbonyl (C=O) groups excluding carboxylic acids is 3. The van der Waals surface area contributed by atoms with E-state index in [0.29, 0.717) is 58.4 Å². The molecule has 7 atom stereocenters. The predicted octanol–water partition coefficient (Wildman–Crippen LogP) is 4.94. The van der Waals surface area contributed by atoms with Crippen LogP contribution in [0.2, 0.25) is 0 Å². The molecule has 0 unspecified atom stereocenters. The lowest BCUT2D eigenvalue weighted by Crippen LogP contribution is -2.66. The van der Waals surface area contributed by atoms with Gasteiger partial charge < -0.3 is 29.7 Å². The number of morpholine rings is 1. The Kier molecular flexibility index (Phi) is 12.3. The van der Waals surface area contributed by atoms with E-state index in [4.69, 9.17) is 9.47 Å². The number of sulfonamides is 1. The third kappa shape index (κ3) is 8.40. The van der Waals surface area contributed by atoms with E-state index in [2.05, 4.69) is 15.2 Å². The van der Waals surface area contributed by atoms with Gasteiger partial charge in [0.05, 0.1) is 31.6 Å². The van der Waals surface area contributed by atoms with Gasteiger partial charge in [-0.05, 0) is 70.3 Å². The molecule has 340 valence electrons. The van der Waals surface area contributed by atoms with Crippen molar-refractivity contribution in [3.8, 4) is 5.88 Å². The number of pyridine rings is 1. The molecule has 1 aromatic carbocycles. The van der Waals surface area contributed by atoms with Crippen molar-refractivity contribution in [3.63, 3.8) is 0 Å². The van der Waals surface area contributed by atoms with Gasteiger partial charge in [0.2, 0.25) is 27.7 Å². The first-order valence-electron chi connectivity index (χ1n) is 21.0. The number of fused-ring (bicyclic) bond motifs is 3. The van der Waals surface area contributed by atoms with Gasteiger partial charge in [-0.25, -0.2) is 22.6 Å². The van der Waals surface area contributed by atoms with Crippen LogP contribution in [-0.2, 0) is 29.1 Å². The number of rotatable bonds is 9. The molecule has 4 amide bonds. The van der Waals surface area contributed by atoms with Crippen LogP contribution < -0.4 is 19.7 Å². The van der Waals surface area contributed by atoms with Crippen molar-refractivity contribution in [2.45, 2.75) is 113 Å². The van der Waals surface area contributed by atoms with E-state index in [1.165, 1.54) is 6.92 Å². The Morgan fingerprint density at radius 2 is 1.77 bits per heavy atom. The SMILES string of the molecule is C[C@@H]1CCC=C[C@@H]2C[C@@]2(C(=O)NS(=O)(=O)C2(CF)CC2)NC(=O)[C@@H]2C[C@@H](Oc3ncc(N4CCOCC4)c4ccccc34)CN2C(=O)[C@@H](N(C(=O)O)C(C)(C)C(F)(F)F)[C@H](C)C1. The Bertz CT molecular complexity index is 2220. The summed E-state index contributed by atoms with van der Waals surface area (Å²) in [5.41, 5.74) is -4.07. The highest BCUT2D eigenvalue weighted by Crippen LogP contribution is 2.48. The number of ether oxygens (including phenoxy) is 2. The average molecular weight is 895 g/mol. The first-order valence-corrected chi connectivity index (χ1v) is 22.5. The second kappa shape index (κ2) is 16.8. The van der Waals surface area contributed by atoms with Gasteiger partial charge in [-0.3, -0.25) is 24.0 Å². The molecule has 62 heavy (non-hydrogen) atoms. The number of hydrogen-bond acceptors (Lipinski definition) is 10. The van der Waals surface area contributed by atoms with E-state index in [1.807, 2.05) is 23.8 Å². The van der Waals surface area contributed by atoms with Gasteiger partial charge in [0, 0.05) is 36.2 Å². The summed E-state index contributed by atoms with van der Waals surface area (Å²) in [6.07, 6.45) is -2.28. The number of carbonyl (C=O) groups is 4. The highest BCUT2D eigenvalue weighted by molar-refractivity contribution is 7.91.